The van der Waals surface area contributed by atoms with Crippen molar-refractivity contribution in [2.45, 2.75) is 31.9 Å². The molecule has 1 rings (SSSR count). The highest BCUT2D eigenvalue weighted by atomic mass is 16.3. The molecule has 4 nitrogen and oxygen atoms in total. The molecule has 1 saturated heterocycles. The highest BCUT2D eigenvalue weighted by Gasteiger charge is 2.29. The molecule has 0 bridgehead atoms. The van der Waals surface area contributed by atoms with E-state index in [-0.39, 0.29) is 11.9 Å². The lowest BCUT2D eigenvalue weighted by Gasteiger charge is -2.20. The fourth-order valence-electron chi connectivity index (χ4n) is 1.38. The lowest BCUT2D eigenvalue weighted by atomic mass is 10.1. The second-order valence-corrected chi connectivity index (χ2v) is 4.29. The Kier molecular flexibility index (Phi) is 2.93. The Morgan fingerprint density at radius 2 is 2.31 bits per heavy atom. The highest BCUT2D eigenvalue weighted by molar-refractivity contribution is 5.83. The molecule has 4 heteroatoms. The first-order valence-corrected chi connectivity index (χ1v) is 4.61. The first-order valence-electron chi connectivity index (χ1n) is 4.61. The molecule has 1 unspecified atom stereocenters. The molecule has 0 saturated carbocycles. The third kappa shape index (κ3) is 2.97. The fourth-order valence-corrected chi connectivity index (χ4v) is 1.38. The molecule has 0 radical (unpaired) electrons. The average Bonchev–Trinajstić information content (AvgIpc) is 2.29. The van der Waals surface area contributed by atoms with E-state index in [0.717, 1.165) is 13.0 Å². The first-order chi connectivity index (χ1) is 5.90. The van der Waals surface area contributed by atoms with E-state index < -0.39 is 5.60 Å². The summed E-state index contributed by atoms with van der Waals surface area (Å²) in [6.07, 6.45) is 0.839. The van der Waals surface area contributed by atoms with Crippen LogP contribution in [0.25, 0.3) is 0 Å². The predicted molar refractivity (Wildman–Crippen MR) is 50.3 cm³/mol. The van der Waals surface area contributed by atoms with Gasteiger partial charge in [-0.05, 0) is 20.3 Å². The lowest BCUT2D eigenvalue weighted by molar-refractivity contribution is -0.128. The third-order valence-corrected chi connectivity index (χ3v) is 2.21. The summed E-state index contributed by atoms with van der Waals surface area (Å²) in [5.74, 6) is 0.129. The van der Waals surface area contributed by atoms with Gasteiger partial charge in [0.15, 0.2) is 0 Å². The van der Waals surface area contributed by atoms with Crippen LogP contribution in [0, 0.1) is 0 Å². The van der Waals surface area contributed by atoms with E-state index in [4.69, 9.17) is 0 Å². The van der Waals surface area contributed by atoms with Crippen LogP contribution in [-0.2, 0) is 4.79 Å². The lowest BCUT2D eigenvalue weighted by Crippen LogP contribution is -2.44. The Morgan fingerprint density at radius 1 is 1.69 bits per heavy atom. The van der Waals surface area contributed by atoms with Gasteiger partial charge in [0.2, 0.25) is 5.91 Å². The zero-order valence-electron chi connectivity index (χ0n) is 8.50. The smallest absolute Gasteiger partial charge is 0.239 e. The number of rotatable bonds is 3. The van der Waals surface area contributed by atoms with Crippen LogP contribution in [0.3, 0.4) is 0 Å². The second-order valence-electron chi connectivity index (χ2n) is 4.29. The Bertz CT molecular complexity index is 198. The van der Waals surface area contributed by atoms with Crippen molar-refractivity contribution in [2.24, 2.45) is 0 Å². The maximum absolute atomic E-state index is 11.4. The molecular weight excluding hydrogens is 168 g/mol. The molecular formula is C9H18N2O2. The van der Waals surface area contributed by atoms with Gasteiger partial charge in [0, 0.05) is 20.1 Å². The van der Waals surface area contributed by atoms with E-state index in [1.54, 1.807) is 25.8 Å². The third-order valence-electron chi connectivity index (χ3n) is 2.21. The zero-order chi connectivity index (χ0) is 10.1. The van der Waals surface area contributed by atoms with Gasteiger partial charge in [-0.2, -0.15) is 0 Å². The van der Waals surface area contributed by atoms with E-state index in [1.165, 1.54) is 0 Å². The van der Waals surface area contributed by atoms with Crippen molar-refractivity contribution < 1.29 is 9.90 Å². The van der Waals surface area contributed by atoms with E-state index in [1.807, 2.05) is 0 Å². The molecule has 1 aliphatic heterocycles. The first kappa shape index (κ1) is 10.5. The van der Waals surface area contributed by atoms with Crippen LogP contribution in [0.15, 0.2) is 0 Å². The maximum Gasteiger partial charge on any atom is 0.239 e. The molecule has 0 aromatic rings. The minimum absolute atomic E-state index is 0.101. The van der Waals surface area contributed by atoms with Gasteiger partial charge in [-0.25, -0.2) is 0 Å². The number of carbonyl (C=O) groups is 1. The van der Waals surface area contributed by atoms with Gasteiger partial charge in [0.1, 0.15) is 0 Å². The van der Waals surface area contributed by atoms with Gasteiger partial charge in [-0.1, -0.05) is 0 Å². The van der Waals surface area contributed by atoms with Gasteiger partial charge in [0.05, 0.1) is 11.6 Å². The minimum Gasteiger partial charge on any atom is -0.389 e. The fraction of sp³-hybridized carbons (Fsp3) is 0.889. The minimum atomic E-state index is -0.749. The summed E-state index contributed by atoms with van der Waals surface area (Å²) >= 11 is 0. The summed E-state index contributed by atoms with van der Waals surface area (Å²) in [5.41, 5.74) is -0.749. The molecule has 0 aliphatic carbocycles. The largest absolute Gasteiger partial charge is 0.389 e. The number of nitrogens with zero attached hydrogens (tertiary/aromatic N) is 1. The van der Waals surface area contributed by atoms with Crippen LogP contribution in [0.4, 0.5) is 0 Å². The van der Waals surface area contributed by atoms with Gasteiger partial charge in [-0.3, -0.25) is 4.79 Å². The summed E-state index contributed by atoms with van der Waals surface area (Å²) in [6.45, 7) is 4.71. The van der Waals surface area contributed by atoms with Crippen molar-refractivity contribution in [1.82, 2.24) is 10.2 Å². The monoisotopic (exact) mass is 186 g/mol. The molecule has 0 aromatic heterocycles. The van der Waals surface area contributed by atoms with Crippen molar-refractivity contribution in [1.29, 1.82) is 0 Å². The van der Waals surface area contributed by atoms with Crippen LogP contribution >= 0.6 is 0 Å². The number of likely N-dealkylation sites (N-methyl/N-ethyl adjacent to an activating group) is 1. The topological polar surface area (TPSA) is 52.6 Å². The summed E-state index contributed by atoms with van der Waals surface area (Å²) in [4.78, 5) is 13.1. The Morgan fingerprint density at radius 3 is 2.69 bits per heavy atom. The molecule has 13 heavy (non-hydrogen) atoms. The molecule has 1 aliphatic rings. The second kappa shape index (κ2) is 3.64. The molecule has 76 valence electrons. The number of aliphatic hydroxyl groups is 1. The number of carbonyl (C=O) groups excluding carboxylic acids is 1. The van der Waals surface area contributed by atoms with Crippen LogP contribution in [0.1, 0.15) is 20.3 Å². The summed E-state index contributed by atoms with van der Waals surface area (Å²) in [7, 11) is 1.80. The van der Waals surface area contributed by atoms with Crippen molar-refractivity contribution in [2.75, 3.05) is 20.1 Å². The van der Waals surface area contributed by atoms with E-state index >= 15 is 0 Å². The summed E-state index contributed by atoms with van der Waals surface area (Å²) < 4.78 is 0. The Labute approximate surface area is 78.9 Å². The van der Waals surface area contributed by atoms with Gasteiger partial charge >= 0.3 is 0 Å². The van der Waals surface area contributed by atoms with Crippen molar-refractivity contribution in [3.63, 3.8) is 0 Å². The molecule has 0 aromatic carbocycles. The van der Waals surface area contributed by atoms with Gasteiger partial charge < -0.3 is 15.3 Å². The standard InChI is InChI=1S/C9H18N2O2/c1-9(2,13)6-10-7-4-5-11(3)8(7)12/h7,10,13H,4-6H2,1-3H3. The molecule has 1 amide bonds. The maximum atomic E-state index is 11.4. The Hall–Kier alpha value is -0.610. The number of hydrogen-bond donors (Lipinski definition) is 2. The van der Waals surface area contributed by atoms with E-state index in [0.29, 0.717) is 6.54 Å². The van der Waals surface area contributed by atoms with E-state index in [2.05, 4.69) is 5.32 Å². The van der Waals surface area contributed by atoms with Crippen LogP contribution < -0.4 is 5.32 Å². The molecule has 2 N–H and O–H groups in total. The summed E-state index contributed by atoms with van der Waals surface area (Å²) in [5, 5.41) is 12.5. The van der Waals surface area contributed by atoms with Gasteiger partial charge in [-0.15, -0.1) is 0 Å². The average molecular weight is 186 g/mol. The molecule has 1 atom stereocenters. The SMILES string of the molecule is CN1CCC(NCC(C)(C)O)C1=O. The summed E-state index contributed by atoms with van der Waals surface area (Å²) in [6, 6.07) is -0.101. The molecule has 1 fully saturated rings. The zero-order valence-corrected chi connectivity index (χ0v) is 8.50. The normalized spacial score (nSPS) is 24.2. The van der Waals surface area contributed by atoms with Gasteiger partial charge in [0.25, 0.3) is 0 Å². The van der Waals surface area contributed by atoms with Crippen LogP contribution in [0.2, 0.25) is 0 Å². The molecule has 1 heterocycles. The number of amides is 1. The van der Waals surface area contributed by atoms with Crippen molar-refractivity contribution in [3.8, 4) is 0 Å². The predicted octanol–water partition coefficient (Wildman–Crippen LogP) is -0.422. The quantitative estimate of drug-likeness (QED) is 0.629. The van der Waals surface area contributed by atoms with Crippen molar-refractivity contribution in [3.05, 3.63) is 0 Å². The number of likely N-dealkylation sites (tertiary alicyclic amines) is 1. The van der Waals surface area contributed by atoms with Crippen LogP contribution in [0.5, 0.6) is 0 Å². The number of hydrogen-bond acceptors (Lipinski definition) is 3. The molecule has 0 spiro atoms. The number of nitrogens with one attached hydrogen (secondary N) is 1. The Balaban J connectivity index is 2.35. The highest BCUT2D eigenvalue weighted by Crippen LogP contribution is 2.09. The van der Waals surface area contributed by atoms with Crippen LogP contribution in [-0.4, -0.2) is 47.7 Å². The van der Waals surface area contributed by atoms with E-state index in [9.17, 15) is 9.90 Å². The van der Waals surface area contributed by atoms with Crippen molar-refractivity contribution >= 4 is 5.91 Å².